The van der Waals surface area contributed by atoms with Crippen molar-refractivity contribution in [3.05, 3.63) is 29.4 Å². The van der Waals surface area contributed by atoms with E-state index in [1.807, 2.05) is 16.8 Å². The van der Waals surface area contributed by atoms with Crippen LogP contribution in [-0.4, -0.2) is 40.5 Å². The zero-order chi connectivity index (χ0) is 15.8. The zero-order valence-electron chi connectivity index (χ0n) is 12.5. The summed E-state index contributed by atoms with van der Waals surface area (Å²) in [5.41, 5.74) is 0. The van der Waals surface area contributed by atoms with Crippen molar-refractivity contribution in [1.29, 1.82) is 0 Å². The van der Waals surface area contributed by atoms with E-state index >= 15 is 0 Å². The minimum Gasteiger partial charge on any atom is -0.344 e. The van der Waals surface area contributed by atoms with Crippen LogP contribution < -0.4 is 9.80 Å². The second-order valence-corrected chi connectivity index (χ2v) is 7.17. The lowest BCUT2D eigenvalue weighted by Gasteiger charge is -2.28. The summed E-state index contributed by atoms with van der Waals surface area (Å²) >= 11 is 3.06. The highest BCUT2D eigenvalue weighted by atomic mass is 32.1. The second-order valence-electron chi connectivity index (χ2n) is 5.40. The monoisotopic (exact) mass is 345 g/mol. The lowest BCUT2D eigenvalue weighted by Crippen LogP contribution is -2.44. The molecule has 118 valence electrons. The summed E-state index contributed by atoms with van der Waals surface area (Å²) in [6.07, 6.45) is 5.12. The summed E-state index contributed by atoms with van der Waals surface area (Å²) in [5.74, 6) is 0.930. The second kappa shape index (κ2) is 5.86. The van der Waals surface area contributed by atoms with Crippen LogP contribution in [0.25, 0.3) is 10.2 Å². The van der Waals surface area contributed by atoms with Gasteiger partial charge in [-0.3, -0.25) is 9.69 Å². The third-order valence-electron chi connectivity index (χ3n) is 4.09. The van der Waals surface area contributed by atoms with Gasteiger partial charge in [-0.1, -0.05) is 0 Å². The molecule has 1 atom stereocenters. The van der Waals surface area contributed by atoms with E-state index in [9.17, 15) is 4.79 Å². The van der Waals surface area contributed by atoms with Crippen molar-refractivity contribution >= 4 is 49.7 Å². The van der Waals surface area contributed by atoms with Crippen LogP contribution in [0.15, 0.2) is 29.4 Å². The Bertz CT molecular complexity index is 831. The van der Waals surface area contributed by atoms with E-state index < -0.39 is 0 Å². The first kappa shape index (κ1) is 14.5. The Hall–Kier alpha value is -2.06. The summed E-state index contributed by atoms with van der Waals surface area (Å²) in [5, 5.41) is 5.64. The van der Waals surface area contributed by atoms with Crippen molar-refractivity contribution in [2.45, 2.75) is 18.9 Å². The number of thiazole rings is 1. The molecule has 0 radical (unpaired) electrons. The van der Waals surface area contributed by atoms with Crippen LogP contribution in [0.5, 0.6) is 0 Å². The molecule has 1 fully saturated rings. The maximum Gasteiger partial charge on any atom is 0.251 e. The maximum absolute atomic E-state index is 12.9. The maximum atomic E-state index is 12.9. The van der Waals surface area contributed by atoms with Crippen LogP contribution in [0.1, 0.15) is 12.8 Å². The molecule has 8 heteroatoms. The fourth-order valence-electron chi connectivity index (χ4n) is 2.98. The number of aromatic nitrogens is 3. The fourth-order valence-corrected chi connectivity index (χ4v) is 4.32. The van der Waals surface area contributed by atoms with Gasteiger partial charge in [0.1, 0.15) is 23.0 Å². The van der Waals surface area contributed by atoms with Gasteiger partial charge in [0, 0.05) is 25.2 Å². The Kier molecular flexibility index (Phi) is 3.70. The molecule has 0 N–H and O–H groups in total. The standard InChI is InChI=1S/C15H15N5OS2/c1-19(15-16-5-8-23-15)14(21)11-3-2-6-20(11)12-10-4-7-22-13(10)18-9-17-12/h4-5,7-9,11H,2-3,6H2,1H3/t11-/m0/s1. The average molecular weight is 345 g/mol. The van der Waals surface area contributed by atoms with Crippen LogP contribution in [0.2, 0.25) is 0 Å². The molecule has 0 spiro atoms. The molecule has 6 nitrogen and oxygen atoms in total. The van der Waals surface area contributed by atoms with Gasteiger partial charge < -0.3 is 4.90 Å². The summed E-state index contributed by atoms with van der Waals surface area (Å²) in [4.78, 5) is 30.6. The molecule has 1 aliphatic heterocycles. The molecule has 0 aromatic carbocycles. The van der Waals surface area contributed by atoms with Crippen molar-refractivity contribution in [1.82, 2.24) is 15.0 Å². The van der Waals surface area contributed by atoms with Crippen molar-refractivity contribution < 1.29 is 4.79 Å². The summed E-state index contributed by atoms with van der Waals surface area (Å²) in [6.45, 7) is 0.837. The number of likely N-dealkylation sites (N-methyl/N-ethyl adjacent to an activating group) is 1. The molecular formula is C15H15N5OS2. The average Bonchev–Trinajstić information content (AvgIpc) is 3.33. The van der Waals surface area contributed by atoms with Gasteiger partial charge in [-0.15, -0.1) is 22.7 Å². The van der Waals surface area contributed by atoms with E-state index in [1.54, 1.807) is 35.8 Å². The van der Waals surface area contributed by atoms with Gasteiger partial charge in [0.2, 0.25) is 0 Å². The zero-order valence-corrected chi connectivity index (χ0v) is 14.2. The number of carbonyl (C=O) groups excluding carboxylic acids is 1. The molecule has 1 amide bonds. The number of anilines is 2. The Morgan fingerprint density at radius 1 is 1.30 bits per heavy atom. The van der Waals surface area contributed by atoms with Crippen molar-refractivity contribution in [3.63, 3.8) is 0 Å². The Morgan fingerprint density at radius 3 is 3.04 bits per heavy atom. The highest BCUT2D eigenvalue weighted by molar-refractivity contribution is 7.16. The van der Waals surface area contributed by atoms with Gasteiger partial charge >= 0.3 is 0 Å². The molecule has 4 rings (SSSR count). The predicted octanol–water partition coefficient (Wildman–Crippen LogP) is 2.78. The van der Waals surface area contributed by atoms with E-state index in [2.05, 4.69) is 19.9 Å². The predicted molar refractivity (Wildman–Crippen MR) is 93.3 cm³/mol. The molecule has 3 aromatic heterocycles. The lowest BCUT2D eigenvalue weighted by atomic mass is 10.2. The van der Waals surface area contributed by atoms with Gasteiger partial charge in [-0.05, 0) is 24.3 Å². The third-order valence-corrected chi connectivity index (χ3v) is 5.76. The Balaban J connectivity index is 1.66. The number of fused-ring (bicyclic) bond motifs is 1. The van der Waals surface area contributed by atoms with Gasteiger partial charge in [0.15, 0.2) is 5.13 Å². The van der Waals surface area contributed by atoms with Gasteiger partial charge in [0.25, 0.3) is 5.91 Å². The molecule has 1 aliphatic rings. The van der Waals surface area contributed by atoms with Crippen LogP contribution >= 0.6 is 22.7 Å². The normalized spacial score (nSPS) is 17.8. The summed E-state index contributed by atoms with van der Waals surface area (Å²) < 4.78 is 0. The molecule has 0 aliphatic carbocycles. The van der Waals surface area contributed by atoms with E-state index in [0.717, 1.165) is 40.6 Å². The molecular weight excluding hydrogens is 330 g/mol. The van der Waals surface area contributed by atoms with Crippen LogP contribution in [0.4, 0.5) is 10.9 Å². The van der Waals surface area contributed by atoms with Crippen molar-refractivity contribution in [2.75, 3.05) is 23.4 Å². The van der Waals surface area contributed by atoms with E-state index in [-0.39, 0.29) is 11.9 Å². The van der Waals surface area contributed by atoms with E-state index in [1.165, 1.54) is 11.3 Å². The summed E-state index contributed by atoms with van der Waals surface area (Å²) in [7, 11) is 1.79. The first-order chi connectivity index (χ1) is 11.3. The first-order valence-corrected chi connectivity index (χ1v) is 9.13. The molecule has 23 heavy (non-hydrogen) atoms. The van der Waals surface area contributed by atoms with Crippen LogP contribution in [-0.2, 0) is 4.79 Å². The molecule has 3 aromatic rings. The number of thiophene rings is 1. The highest BCUT2D eigenvalue weighted by Crippen LogP contribution is 2.32. The van der Waals surface area contributed by atoms with E-state index in [0.29, 0.717) is 0 Å². The Labute approximate surface area is 141 Å². The fraction of sp³-hybridized carbons (Fsp3) is 0.333. The van der Waals surface area contributed by atoms with Crippen molar-refractivity contribution in [2.24, 2.45) is 0 Å². The van der Waals surface area contributed by atoms with Gasteiger partial charge in [-0.25, -0.2) is 15.0 Å². The highest BCUT2D eigenvalue weighted by Gasteiger charge is 2.35. The number of hydrogen-bond acceptors (Lipinski definition) is 7. The minimum absolute atomic E-state index is 0.0689. The number of rotatable bonds is 3. The number of carbonyl (C=O) groups is 1. The molecule has 4 heterocycles. The van der Waals surface area contributed by atoms with Crippen LogP contribution in [0.3, 0.4) is 0 Å². The first-order valence-electron chi connectivity index (χ1n) is 7.37. The SMILES string of the molecule is CN(C(=O)[C@@H]1CCCN1c1ncnc2sccc12)c1nccs1. The number of nitrogens with zero attached hydrogens (tertiary/aromatic N) is 5. The van der Waals surface area contributed by atoms with Gasteiger partial charge in [-0.2, -0.15) is 0 Å². The van der Waals surface area contributed by atoms with E-state index in [4.69, 9.17) is 0 Å². The lowest BCUT2D eigenvalue weighted by molar-refractivity contribution is -0.119. The number of amides is 1. The quantitative estimate of drug-likeness (QED) is 0.730. The topological polar surface area (TPSA) is 62.2 Å². The largest absolute Gasteiger partial charge is 0.344 e. The molecule has 1 saturated heterocycles. The molecule has 0 saturated carbocycles. The van der Waals surface area contributed by atoms with Crippen LogP contribution in [0, 0.1) is 0 Å². The van der Waals surface area contributed by atoms with Gasteiger partial charge in [0.05, 0.1) is 5.39 Å². The third kappa shape index (κ3) is 2.47. The molecule has 0 unspecified atom stereocenters. The minimum atomic E-state index is -0.193. The summed E-state index contributed by atoms with van der Waals surface area (Å²) in [6, 6.07) is 1.83. The van der Waals surface area contributed by atoms with Crippen molar-refractivity contribution in [3.8, 4) is 0 Å². The smallest absolute Gasteiger partial charge is 0.251 e. The Morgan fingerprint density at radius 2 is 2.22 bits per heavy atom. The molecule has 0 bridgehead atoms. The number of hydrogen-bond donors (Lipinski definition) is 0.